The summed E-state index contributed by atoms with van der Waals surface area (Å²) in [6.07, 6.45) is -0.163. The molecule has 18 heavy (non-hydrogen) atoms. The Bertz CT molecular complexity index is 485. The van der Waals surface area contributed by atoms with E-state index in [0.717, 1.165) is 0 Å². The number of amides is 1. The zero-order chi connectivity index (χ0) is 13.1. The Morgan fingerprint density at radius 3 is 2.94 bits per heavy atom. The van der Waals surface area contributed by atoms with E-state index < -0.39 is 11.9 Å². The summed E-state index contributed by atoms with van der Waals surface area (Å²) in [7, 11) is 0. The maximum Gasteiger partial charge on any atom is 0.304 e. The lowest BCUT2D eigenvalue weighted by Gasteiger charge is -2.20. The highest BCUT2D eigenvalue weighted by Crippen LogP contribution is 2.31. The van der Waals surface area contributed by atoms with E-state index in [1.165, 1.54) is 0 Å². The van der Waals surface area contributed by atoms with Gasteiger partial charge in [-0.15, -0.1) is 0 Å². The number of ether oxygens (including phenoxy) is 1. The number of carbonyl (C=O) groups is 2. The molecule has 6 nitrogen and oxygen atoms in total. The molecule has 0 bridgehead atoms. The summed E-state index contributed by atoms with van der Waals surface area (Å²) in [5.41, 5.74) is 1.16. The second-order valence-corrected chi connectivity index (χ2v) is 4.07. The molecule has 0 saturated heterocycles. The van der Waals surface area contributed by atoms with Crippen molar-refractivity contribution in [2.75, 3.05) is 18.5 Å². The van der Waals surface area contributed by atoms with Gasteiger partial charge in [-0.25, -0.2) is 0 Å². The fourth-order valence-electron chi connectivity index (χ4n) is 1.85. The highest BCUT2D eigenvalue weighted by Gasteiger charge is 2.20. The summed E-state index contributed by atoms with van der Waals surface area (Å²) >= 11 is 0. The van der Waals surface area contributed by atoms with Crippen molar-refractivity contribution in [2.45, 2.75) is 12.3 Å². The number of carboxylic acids is 1. The smallest absolute Gasteiger partial charge is 0.304 e. The first-order valence-corrected chi connectivity index (χ1v) is 5.49. The number of aliphatic hydroxyl groups excluding tert-OH is 1. The molecule has 2 rings (SSSR count). The van der Waals surface area contributed by atoms with Gasteiger partial charge in [0.25, 0.3) is 5.91 Å². The minimum absolute atomic E-state index is 0.0229. The van der Waals surface area contributed by atoms with Crippen LogP contribution < -0.4 is 10.1 Å². The highest BCUT2D eigenvalue weighted by molar-refractivity contribution is 5.95. The first kappa shape index (κ1) is 12.4. The fourth-order valence-corrected chi connectivity index (χ4v) is 1.85. The van der Waals surface area contributed by atoms with Crippen molar-refractivity contribution in [1.29, 1.82) is 0 Å². The van der Waals surface area contributed by atoms with Crippen molar-refractivity contribution < 1.29 is 24.5 Å². The molecule has 1 aliphatic heterocycles. The zero-order valence-corrected chi connectivity index (χ0v) is 9.55. The Morgan fingerprint density at radius 1 is 1.50 bits per heavy atom. The molecule has 1 aromatic carbocycles. The van der Waals surface area contributed by atoms with Crippen LogP contribution in [-0.4, -0.2) is 35.3 Å². The number of hydrogen-bond donors (Lipinski definition) is 3. The normalized spacial score (nSPS) is 15.3. The van der Waals surface area contributed by atoms with E-state index in [1.54, 1.807) is 18.2 Å². The third-order valence-electron chi connectivity index (χ3n) is 2.75. The largest absolute Gasteiger partial charge is 0.482 e. The molecule has 3 N–H and O–H groups in total. The number of aliphatic hydroxyl groups is 1. The molecule has 1 unspecified atom stereocenters. The lowest BCUT2D eigenvalue weighted by Crippen LogP contribution is -2.25. The third-order valence-corrected chi connectivity index (χ3v) is 2.75. The quantitative estimate of drug-likeness (QED) is 0.727. The van der Waals surface area contributed by atoms with Crippen LogP contribution in [0, 0.1) is 0 Å². The molecular formula is C12H13NO5. The number of nitrogens with one attached hydrogen (secondary N) is 1. The topological polar surface area (TPSA) is 95.9 Å². The molecule has 0 radical (unpaired) electrons. The lowest BCUT2D eigenvalue weighted by atomic mass is 9.96. The van der Waals surface area contributed by atoms with Crippen LogP contribution in [-0.2, 0) is 9.59 Å². The van der Waals surface area contributed by atoms with Crippen molar-refractivity contribution >= 4 is 17.6 Å². The van der Waals surface area contributed by atoms with Crippen molar-refractivity contribution in [3.05, 3.63) is 23.8 Å². The van der Waals surface area contributed by atoms with Crippen molar-refractivity contribution in [3.8, 4) is 5.75 Å². The minimum Gasteiger partial charge on any atom is -0.482 e. The number of hydrogen-bond acceptors (Lipinski definition) is 4. The van der Waals surface area contributed by atoms with Crippen LogP contribution in [0.4, 0.5) is 5.69 Å². The van der Waals surface area contributed by atoms with Gasteiger partial charge in [-0.3, -0.25) is 9.59 Å². The molecule has 0 spiro atoms. The van der Waals surface area contributed by atoms with Crippen LogP contribution in [0.25, 0.3) is 0 Å². The van der Waals surface area contributed by atoms with Crippen molar-refractivity contribution in [2.24, 2.45) is 0 Å². The predicted molar refractivity (Wildman–Crippen MR) is 62.6 cm³/mol. The summed E-state index contributed by atoms with van der Waals surface area (Å²) in [6, 6.07) is 4.99. The lowest BCUT2D eigenvalue weighted by molar-refractivity contribution is -0.137. The molecule has 96 valence electrons. The standard InChI is InChI=1S/C12H13NO5/c14-5-8(4-12(16)17)7-1-2-10-9(3-7)13-11(15)6-18-10/h1-3,8,14H,4-6H2,(H,13,15)(H,16,17). The summed E-state index contributed by atoms with van der Waals surface area (Å²) in [4.78, 5) is 21.9. The van der Waals surface area contributed by atoms with E-state index in [4.69, 9.17) is 9.84 Å². The Kier molecular flexibility index (Phi) is 3.47. The van der Waals surface area contributed by atoms with Gasteiger partial charge in [0.2, 0.25) is 0 Å². The molecule has 6 heteroatoms. The second-order valence-electron chi connectivity index (χ2n) is 4.07. The summed E-state index contributed by atoms with van der Waals surface area (Å²) in [5.74, 6) is -1.18. The summed E-state index contributed by atoms with van der Waals surface area (Å²) in [6.45, 7) is -0.287. The molecule has 0 aliphatic carbocycles. The molecule has 0 aromatic heterocycles. The Labute approximate surface area is 103 Å². The fraction of sp³-hybridized carbons (Fsp3) is 0.333. The Morgan fingerprint density at radius 2 is 2.28 bits per heavy atom. The van der Waals surface area contributed by atoms with Crippen LogP contribution in [0.5, 0.6) is 5.75 Å². The van der Waals surface area contributed by atoms with Gasteiger partial charge in [-0.05, 0) is 17.7 Å². The van der Waals surface area contributed by atoms with Gasteiger partial charge in [-0.2, -0.15) is 0 Å². The molecule has 1 heterocycles. The molecule has 0 fully saturated rings. The predicted octanol–water partition coefficient (Wildman–Crippen LogP) is 0.568. The summed E-state index contributed by atoms with van der Waals surface area (Å²) < 4.78 is 5.19. The molecule has 1 aromatic rings. The highest BCUT2D eigenvalue weighted by atomic mass is 16.5. The molecule has 1 aliphatic rings. The number of aliphatic carboxylic acids is 1. The minimum atomic E-state index is -0.980. The van der Waals surface area contributed by atoms with Gasteiger partial charge < -0.3 is 20.3 Å². The van der Waals surface area contributed by atoms with E-state index in [9.17, 15) is 14.7 Å². The molecular weight excluding hydrogens is 238 g/mol. The number of anilines is 1. The van der Waals surface area contributed by atoms with Gasteiger partial charge in [0.1, 0.15) is 5.75 Å². The second kappa shape index (κ2) is 5.05. The number of carbonyl (C=O) groups excluding carboxylic acids is 1. The zero-order valence-electron chi connectivity index (χ0n) is 9.55. The SMILES string of the molecule is O=C(O)CC(CO)c1ccc2c(c1)NC(=O)CO2. The third kappa shape index (κ3) is 2.60. The molecule has 0 saturated carbocycles. The van der Waals surface area contributed by atoms with Crippen molar-refractivity contribution in [3.63, 3.8) is 0 Å². The maximum absolute atomic E-state index is 11.2. The van der Waals surface area contributed by atoms with E-state index in [-0.39, 0.29) is 25.5 Å². The van der Waals surface area contributed by atoms with E-state index in [0.29, 0.717) is 17.0 Å². The molecule has 1 amide bonds. The summed E-state index contributed by atoms with van der Waals surface area (Å²) in [5, 5.41) is 20.6. The number of carboxylic acid groups (broad SMARTS) is 1. The van der Waals surface area contributed by atoms with Crippen LogP contribution >= 0.6 is 0 Å². The van der Waals surface area contributed by atoms with Crippen molar-refractivity contribution in [1.82, 2.24) is 0 Å². The number of fused-ring (bicyclic) bond motifs is 1. The van der Waals surface area contributed by atoms with E-state index >= 15 is 0 Å². The van der Waals surface area contributed by atoms with Gasteiger partial charge in [0, 0.05) is 5.92 Å². The first-order chi connectivity index (χ1) is 8.60. The van der Waals surface area contributed by atoms with Gasteiger partial charge in [0.05, 0.1) is 18.7 Å². The number of benzene rings is 1. The van der Waals surface area contributed by atoms with Crippen LogP contribution in [0.3, 0.4) is 0 Å². The first-order valence-electron chi connectivity index (χ1n) is 5.49. The average Bonchev–Trinajstić information content (AvgIpc) is 2.34. The van der Waals surface area contributed by atoms with Gasteiger partial charge in [-0.1, -0.05) is 6.07 Å². The number of rotatable bonds is 4. The Balaban J connectivity index is 2.26. The molecule has 1 atom stereocenters. The maximum atomic E-state index is 11.2. The van der Waals surface area contributed by atoms with Gasteiger partial charge in [0.15, 0.2) is 6.61 Å². The van der Waals surface area contributed by atoms with E-state index in [1.807, 2.05) is 0 Å². The van der Waals surface area contributed by atoms with Crippen LogP contribution in [0.1, 0.15) is 17.9 Å². The van der Waals surface area contributed by atoms with Gasteiger partial charge >= 0.3 is 5.97 Å². The monoisotopic (exact) mass is 251 g/mol. The van der Waals surface area contributed by atoms with Crippen LogP contribution in [0.15, 0.2) is 18.2 Å². The van der Waals surface area contributed by atoms with E-state index in [2.05, 4.69) is 5.32 Å². The Hall–Kier alpha value is -2.08. The average molecular weight is 251 g/mol. The van der Waals surface area contributed by atoms with Crippen LogP contribution in [0.2, 0.25) is 0 Å².